The van der Waals surface area contributed by atoms with E-state index in [4.69, 9.17) is 21.7 Å². The number of aromatic nitrogens is 1. The number of nitrogens with zero attached hydrogens (tertiary/aromatic N) is 2. The maximum atomic E-state index is 14.6. The minimum Gasteiger partial charge on any atom is -0.473 e. The van der Waals surface area contributed by atoms with E-state index < -0.39 is 27.7 Å². The van der Waals surface area contributed by atoms with Gasteiger partial charge in [-0.15, -0.1) is 0 Å². The second-order valence-electron chi connectivity index (χ2n) is 6.79. The van der Waals surface area contributed by atoms with Crippen LogP contribution in [-0.2, 0) is 10.0 Å². The van der Waals surface area contributed by atoms with Crippen molar-refractivity contribution in [3.05, 3.63) is 47.2 Å². The van der Waals surface area contributed by atoms with E-state index in [-0.39, 0.29) is 18.3 Å². The van der Waals surface area contributed by atoms with Crippen LogP contribution in [0.1, 0.15) is 6.92 Å². The standard InChI is InChI=1S/C17H20ClFN4O3S/c1-17(10-27(24,25)23(2)16(20)22-17)13-7-11(3-5-14(13)19)9-26-15-6-4-12(18)8-21-15/h3-8,13-14H,9-10H2,1-2H3,(H2,20,22)/t13?,14?,17-/m0/s1. The second kappa shape index (κ2) is 7.12. The summed E-state index contributed by atoms with van der Waals surface area (Å²) in [7, 11) is -2.40. The Kier molecular flexibility index (Phi) is 5.18. The molecule has 0 bridgehead atoms. The molecule has 2 heterocycles. The van der Waals surface area contributed by atoms with Gasteiger partial charge in [-0.25, -0.2) is 22.1 Å². The van der Waals surface area contributed by atoms with Gasteiger partial charge in [0, 0.05) is 25.2 Å². The predicted octanol–water partition coefficient (Wildman–Crippen LogP) is 2.12. The first-order chi connectivity index (χ1) is 12.6. The van der Waals surface area contributed by atoms with Gasteiger partial charge < -0.3 is 10.1 Å². The molecule has 1 aromatic rings. The van der Waals surface area contributed by atoms with Crippen LogP contribution in [0, 0.1) is 11.3 Å². The van der Waals surface area contributed by atoms with E-state index in [0.717, 1.165) is 4.31 Å². The molecular weight excluding hydrogens is 395 g/mol. The van der Waals surface area contributed by atoms with E-state index in [1.807, 2.05) is 0 Å². The molecule has 146 valence electrons. The number of pyridine rings is 1. The van der Waals surface area contributed by atoms with Crippen LogP contribution in [0.3, 0.4) is 0 Å². The normalized spacial score (nSPS) is 29.9. The monoisotopic (exact) mass is 414 g/mol. The maximum Gasteiger partial charge on any atom is 0.239 e. The van der Waals surface area contributed by atoms with Crippen molar-refractivity contribution < 1.29 is 17.5 Å². The lowest BCUT2D eigenvalue weighted by Gasteiger charge is -2.45. The van der Waals surface area contributed by atoms with Crippen molar-refractivity contribution in [2.24, 2.45) is 5.92 Å². The van der Waals surface area contributed by atoms with Crippen molar-refractivity contribution in [3.8, 4) is 5.88 Å². The molecule has 1 saturated heterocycles. The molecule has 1 fully saturated rings. The van der Waals surface area contributed by atoms with Gasteiger partial charge in [0.25, 0.3) is 0 Å². The Morgan fingerprint density at radius 2 is 2.26 bits per heavy atom. The molecule has 1 aromatic heterocycles. The quantitative estimate of drug-likeness (QED) is 0.786. The van der Waals surface area contributed by atoms with Gasteiger partial charge in [0.1, 0.15) is 12.8 Å². The van der Waals surface area contributed by atoms with E-state index in [1.165, 1.54) is 19.3 Å². The SMILES string of the molecule is CN1C(=N)N[C@](C)(C2C=C(COc3ccc(Cl)cn3)C=CC2F)CS1(=O)=O. The lowest BCUT2D eigenvalue weighted by molar-refractivity contribution is 0.210. The fourth-order valence-corrected chi connectivity index (χ4v) is 4.78. The summed E-state index contributed by atoms with van der Waals surface area (Å²) in [5.41, 5.74) is -0.465. The van der Waals surface area contributed by atoms with E-state index in [9.17, 15) is 12.8 Å². The topological polar surface area (TPSA) is 95.4 Å². The van der Waals surface area contributed by atoms with Crippen molar-refractivity contribution in [3.63, 3.8) is 0 Å². The van der Waals surface area contributed by atoms with Gasteiger partial charge in [0.2, 0.25) is 21.9 Å². The number of hydrogen-bond donors (Lipinski definition) is 2. The highest BCUT2D eigenvalue weighted by atomic mass is 35.5. The van der Waals surface area contributed by atoms with Crippen LogP contribution in [0.4, 0.5) is 4.39 Å². The Balaban J connectivity index is 1.79. The van der Waals surface area contributed by atoms with Gasteiger partial charge in [-0.1, -0.05) is 23.8 Å². The summed E-state index contributed by atoms with van der Waals surface area (Å²) in [5, 5.41) is 11.2. The smallest absolute Gasteiger partial charge is 0.239 e. The third kappa shape index (κ3) is 4.08. The predicted molar refractivity (Wildman–Crippen MR) is 101 cm³/mol. The fourth-order valence-electron chi connectivity index (χ4n) is 3.13. The number of alkyl halides is 1. The number of sulfonamides is 1. The van der Waals surface area contributed by atoms with Crippen molar-refractivity contribution >= 4 is 27.6 Å². The molecule has 0 saturated carbocycles. The number of guanidine groups is 1. The molecule has 0 aromatic carbocycles. The maximum absolute atomic E-state index is 14.6. The van der Waals surface area contributed by atoms with Crippen molar-refractivity contribution in [2.75, 3.05) is 19.4 Å². The molecule has 2 aliphatic rings. The largest absolute Gasteiger partial charge is 0.473 e. The van der Waals surface area contributed by atoms with Crippen LogP contribution >= 0.6 is 11.6 Å². The second-order valence-corrected chi connectivity index (χ2v) is 9.23. The van der Waals surface area contributed by atoms with E-state index in [0.29, 0.717) is 16.5 Å². The minimum atomic E-state index is -3.70. The van der Waals surface area contributed by atoms with E-state index in [1.54, 1.807) is 31.2 Å². The van der Waals surface area contributed by atoms with Crippen LogP contribution in [0.5, 0.6) is 5.88 Å². The highest BCUT2D eigenvalue weighted by Crippen LogP contribution is 2.33. The fraction of sp³-hybridized carbons (Fsp3) is 0.412. The molecular formula is C17H20ClFN4O3S. The van der Waals surface area contributed by atoms with Crippen LogP contribution in [0.25, 0.3) is 0 Å². The molecule has 1 aliphatic heterocycles. The third-order valence-corrected chi connectivity index (χ3v) is 6.88. The summed E-state index contributed by atoms with van der Waals surface area (Å²) in [5.74, 6) is -0.993. The van der Waals surface area contributed by atoms with Crippen LogP contribution in [-0.4, -0.2) is 54.8 Å². The summed E-state index contributed by atoms with van der Waals surface area (Å²) in [6.45, 7) is 1.76. The first-order valence-electron chi connectivity index (χ1n) is 8.21. The van der Waals surface area contributed by atoms with Crippen LogP contribution in [0.15, 0.2) is 42.1 Å². The summed E-state index contributed by atoms with van der Waals surface area (Å²) in [4.78, 5) is 4.03. The van der Waals surface area contributed by atoms with E-state index in [2.05, 4.69) is 10.3 Å². The number of halogens is 2. The highest BCUT2D eigenvalue weighted by Gasteiger charge is 2.47. The molecule has 0 spiro atoms. The number of hydrogen-bond acceptors (Lipinski definition) is 5. The van der Waals surface area contributed by atoms with Gasteiger partial charge >= 0.3 is 0 Å². The molecule has 10 heteroatoms. The average Bonchev–Trinajstić information content (AvgIpc) is 2.60. The average molecular weight is 415 g/mol. The summed E-state index contributed by atoms with van der Waals surface area (Å²) < 4.78 is 45.7. The molecule has 7 nitrogen and oxygen atoms in total. The molecule has 0 amide bonds. The summed E-state index contributed by atoms with van der Waals surface area (Å²) >= 11 is 5.78. The van der Waals surface area contributed by atoms with Gasteiger partial charge in [0.05, 0.1) is 16.3 Å². The van der Waals surface area contributed by atoms with Crippen molar-refractivity contribution in [2.45, 2.75) is 18.6 Å². The number of allylic oxidation sites excluding steroid dienone is 1. The Labute approximate surface area is 162 Å². The minimum absolute atomic E-state index is 0.147. The molecule has 2 N–H and O–H groups in total. The highest BCUT2D eigenvalue weighted by molar-refractivity contribution is 7.89. The molecule has 0 radical (unpaired) electrons. The van der Waals surface area contributed by atoms with Crippen molar-refractivity contribution in [1.82, 2.24) is 14.6 Å². The zero-order valence-corrected chi connectivity index (χ0v) is 16.4. The van der Waals surface area contributed by atoms with Crippen LogP contribution in [0.2, 0.25) is 5.02 Å². The number of rotatable bonds is 4. The van der Waals surface area contributed by atoms with Gasteiger partial charge in [0.15, 0.2) is 0 Å². The lowest BCUT2D eigenvalue weighted by atomic mass is 9.79. The number of nitrogens with one attached hydrogen (secondary N) is 2. The van der Waals surface area contributed by atoms with Gasteiger partial charge in [-0.05, 0) is 24.6 Å². The zero-order valence-electron chi connectivity index (χ0n) is 14.8. The van der Waals surface area contributed by atoms with Gasteiger partial charge in [-0.2, -0.15) is 0 Å². The Morgan fingerprint density at radius 1 is 1.52 bits per heavy atom. The summed E-state index contributed by atoms with van der Waals surface area (Å²) in [6.07, 6.45) is 4.71. The molecule has 1 aliphatic carbocycles. The lowest BCUT2D eigenvalue weighted by Crippen LogP contribution is -2.66. The molecule has 3 atom stereocenters. The Hall–Kier alpha value is -2.13. The molecule has 3 rings (SSSR count). The number of ether oxygens (including phenoxy) is 1. The van der Waals surface area contributed by atoms with Crippen molar-refractivity contribution in [1.29, 1.82) is 5.41 Å². The first-order valence-corrected chi connectivity index (χ1v) is 10.2. The Morgan fingerprint density at radius 3 is 2.89 bits per heavy atom. The molecule has 2 unspecified atom stereocenters. The zero-order chi connectivity index (χ0) is 19.8. The van der Waals surface area contributed by atoms with Crippen LogP contribution < -0.4 is 10.1 Å². The third-order valence-electron chi connectivity index (χ3n) is 4.67. The molecule has 27 heavy (non-hydrogen) atoms. The first kappa shape index (κ1) is 19.6. The Bertz CT molecular complexity index is 903. The van der Waals surface area contributed by atoms with Gasteiger partial charge in [-0.3, -0.25) is 5.41 Å². The van der Waals surface area contributed by atoms with E-state index >= 15 is 0 Å². The summed E-state index contributed by atoms with van der Waals surface area (Å²) in [6, 6.07) is 3.27.